The number of benzene rings is 2. The third kappa shape index (κ3) is 4.10. The number of nitrogens with one attached hydrogen (secondary N) is 1. The number of hydrogen-bond donors (Lipinski definition) is 2. The second-order valence-electron chi connectivity index (χ2n) is 6.40. The number of anilines is 1. The molecular formula is C21H23F2N3O. The standard InChI is InChI=1S/C21H23F2N3O/c1-3-5-10-26(4-2)20-9-7-15(12-18(20)23)24-13-17-16-11-14(22)6-8-19(16)25-21(17)27/h6-9,11-13,25,27H,3-5,10H2,1-2H3. The Kier molecular flexibility index (Phi) is 5.74. The molecule has 142 valence electrons. The molecule has 2 N–H and O–H groups in total. The van der Waals surface area contributed by atoms with Crippen LogP contribution in [0.2, 0.25) is 0 Å². The van der Waals surface area contributed by atoms with Gasteiger partial charge >= 0.3 is 0 Å². The molecule has 2 aromatic carbocycles. The Morgan fingerprint density at radius 2 is 1.96 bits per heavy atom. The zero-order valence-electron chi connectivity index (χ0n) is 15.5. The molecule has 0 aliphatic carbocycles. The van der Waals surface area contributed by atoms with E-state index in [1.807, 2.05) is 11.8 Å². The van der Waals surface area contributed by atoms with Gasteiger partial charge in [-0.3, -0.25) is 4.99 Å². The van der Waals surface area contributed by atoms with Crippen molar-refractivity contribution in [3.8, 4) is 5.88 Å². The summed E-state index contributed by atoms with van der Waals surface area (Å²) >= 11 is 0. The first-order chi connectivity index (χ1) is 13.0. The normalized spacial score (nSPS) is 11.6. The molecule has 3 aromatic rings. The summed E-state index contributed by atoms with van der Waals surface area (Å²) in [5.74, 6) is -0.844. The van der Waals surface area contributed by atoms with Crippen molar-refractivity contribution in [1.82, 2.24) is 4.98 Å². The minimum atomic E-state index is -0.404. The molecule has 1 heterocycles. The first-order valence-electron chi connectivity index (χ1n) is 9.12. The van der Waals surface area contributed by atoms with Gasteiger partial charge in [0.25, 0.3) is 0 Å². The summed E-state index contributed by atoms with van der Waals surface area (Å²) in [6, 6.07) is 9.00. The van der Waals surface area contributed by atoms with Crippen LogP contribution in [-0.2, 0) is 0 Å². The van der Waals surface area contributed by atoms with Gasteiger partial charge in [-0.15, -0.1) is 0 Å². The predicted octanol–water partition coefficient (Wildman–Crippen LogP) is 5.53. The molecule has 4 nitrogen and oxygen atoms in total. The number of unbranched alkanes of at least 4 members (excludes halogenated alkanes) is 1. The lowest BCUT2D eigenvalue weighted by atomic mass is 10.2. The quantitative estimate of drug-likeness (QED) is 0.537. The van der Waals surface area contributed by atoms with Crippen molar-refractivity contribution < 1.29 is 13.9 Å². The molecule has 0 unspecified atom stereocenters. The van der Waals surface area contributed by atoms with E-state index in [1.54, 1.807) is 18.2 Å². The number of fused-ring (bicyclic) bond motifs is 1. The number of halogens is 2. The molecule has 0 aliphatic rings. The van der Waals surface area contributed by atoms with Gasteiger partial charge in [0.05, 0.1) is 16.9 Å². The van der Waals surface area contributed by atoms with E-state index in [-0.39, 0.29) is 11.7 Å². The molecule has 0 saturated carbocycles. The van der Waals surface area contributed by atoms with Gasteiger partial charge < -0.3 is 15.0 Å². The van der Waals surface area contributed by atoms with Gasteiger partial charge in [-0.2, -0.15) is 0 Å². The Bertz CT molecular complexity index is 965. The summed E-state index contributed by atoms with van der Waals surface area (Å²) in [7, 11) is 0. The fourth-order valence-electron chi connectivity index (χ4n) is 3.07. The van der Waals surface area contributed by atoms with E-state index in [1.165, 1.54) is 24.4 Å². The minimum absolute atomic E-state index is 0.104. The average molecular weight is 371 g/mol. The smallest absolute Gasteiger partial charge is 0.198 e. The summed E-state index contributed by atoms with van der Waals surface area (Å²) < 4.78 is 28.0. The van der Waals surface area contributed by atoms with Gasteiger partial charge in [-0.25, -0.2) is 8.78 Å². The number of aromatic hydroxyl groups is 1. The number of hydrogen-bond acceptors (Lipinski definition) is 3. The molecular weight excluding hydrogens is 348 g/mol. The lowest BCUT2D eigenvalue weighted by molar-refractivity contribution is 0.457. The molecule has 0 saturated heterocycles. The zero-order chi connectivity index (χ0) is 19.4. The highest BCUT2D eigenvalue weighted by molar-refractivity contribution is 6.02. The molecule has 0 atom stereocenters. The van der Waals surface area contributed by atoms with Gasteiger partial charge in [0.1, 0.15) is 11.6 Å². The van der Waals surface area contributed by atoms with E-state index >= 15 is 0 Å². The largest absolute Gasteiger partial charge is 0.494 e. The van der Waals surface area contributed by atoms with E-state index in [4.69, 9.17) is 0 Å². The van der Waals surface area contributed by atoms with Crippen LogP contribution in [0.5, 0.6) is 5.88 Å². The third-order valence-electron chi connectivity index (χ3n) is 4.56. The second kappa shape index (κ2) is 8.20. The van der Waals surface area contributed by atoms with Crippen LogP contribution in [0.25, 0.3) is 10.9 Å². The molecule has 6 heteroatoms. The summed E-state index contributed by atoms with van der Waals surface area (Å²) in [5, 5.41) is 10.6. The van der Waals surface area contributed by atoms with E-state index in [2.05, 4.69) is 16.9 Å². The fourth-order valence-corrected chi connectivity index (χ4v) is 3.07. The van der Waals surface area contributed by atoms with Gasteiger partial charge in [-0.1, -0.05) is 13.3 Å². The van der Waals surface area contributed by atoms with Crippen molar-refractivity contribution in [3.05, 3.63) is 53.6 Å². The molecule has 0 fully saturated rings. The van der Waals surface area contributed by atoms with E-state index in [9.17, 15) is 13.9 Å². The summed E-state index contributed by atoms with van der Waals surface area (Å²) in [5.41, 5.74) is 1.95. The lowest BCUT2D eigenvalue weighted by Crippen LogP contribution is -2.24. The van der Waals surface area contributed by atoms with Crippen LogP contribution in [0.4, 0.5) is 20.2 Å². The van der Waals surface area contributed by atoms with Crippen molar-refractivity contribution in [2.24, 2.45) is 4.99 Å². The van der Waals surface area contributed by atoms with Crippen molar-refractivity contribution in [3.63, 3.8) is 0 Å². The van der Waals surface area contributed by atoms with Crippen molar-refractivity contribution in [2.45, 2.75) is 26.7 Å². The maximum absolute atomic E-state index is 14.5. The molecule has 0 spiro atoms. The van der Waals surface area contributed by atoms with Crippen LogP contribution >= 0.6 is 0 Å². The number of nitrogens with zero attached hydrogens (tertiary/aromatic N) is 2. The third-order valence-corrected chi connectivity index (χ3v) is 4.56. The molecule has 0 amide bonds. The molecule has 0 radical (unpaired) electrons. The first kappa shape index (κ1) is 18.9. The van der Waals surface area contributed by atoms with Crippen molar-refractivity contribution in [1.29, 1.82) is 0 Å². The Morgan fingerprint density at radius 3 is 2.67 bits per heavy atom. The van der Waals surface area contributed by atoms with Crippen LogP contribution < -0.4 is 4.90 Å². The minimum Gasteiger partial charge on any atom is -0.494 e. The maximum Gasteiger partial charge on any atom is 0.198 e. The fraction of sp³-hybridized carbons (Fsp3) is 0.286. The van der Waals surface area contributed by atoms with Crippen molar-refractivity contribution in [2.75, 3.05) is 18.0 Å². The zero-order valence-corrected chi connectivity index (χ0v) is 15.5. The topological polar surface area (TPSA) is 51.6 Å². The van der Waals surface area contributed by atoms with Crippen molar-refractivity contribution >= 4 is 28.5 Å². The number of aliphatic imine (C=N–C) groups is 1. The number of rotatable bonds is 7. The van der Waals surface area contributed by atoms with Crippen LogP contribution in [0.1, 0.15) is 32.3 Å². The molecule has 1 aromatic heterocycles. The SMILES string of the molecule is CCCCN(CC)c1ccc(N=Cc2c(O)[nH]c3ccc(F)cc23)cc1F. The highest BCUT2D eigenvalue weighted by Crippen LogP contribution is 2.28. The Labute approximate surface area is 157 Å². The predicted molar refractivity (Wildman–Crippen MR) is 106 cm³/mol. The van der Waals surface area contributed by atoms with E-state index < -0.39 is 5.82 Å². The van der Waals surface area contributed by atoms with Gasteiger partial charge in [0.15, 0.2) is 5.88 Å². The molecule has 0 aliphatic heterocycles. The van der Waals surface area contributed by atoms with Gasteiger partial charge in [0, 0.05) is 36.3 Å². The Hall–Kier alpha value is -2.89. The summed E-state index contributed by atoms with van der Waals surface area (Å²) in [6.07, 6.45) is 3.47. The average Bonchev–Trinajstić information content (AvgIpc) is 2.96. The summed E-state index contributed by atoms with van der Waals surface area (Å²) in [6.45, 7) is 5.64. The second-order valence-corrected chi connectivity index (χ2v) is 6.40. The van der Waals surface area contributed by atoms with Crippen LogP contribution in [-0.4, -0.2) is 29.4 Å². The van der Waals surface area contributed by atoms with Gasteiger partial charge in [0.2, 0.25) is 0 Å². The Morgan fingerprint density at radius 1 is 1.15 bits per heavy atom. The summed E-state index contributed by atoms with van der Waals surface area (Å²) in [4.78, 5) is 9.02. The van der Waals surface area contributed by atoms with Crippen LogP contribution in [0.15, 0.2) is 41.4 Å². The number of H-pyrrole nitrogens is 1. The Balaban J connectivity index is 1.87. The number of aromatic amines is 1. The maximum atomic E-state index is 14.5. The molecule has 0 bridgehead atoms. The molecule has 27 heavy (non-hydrogen) atoms. The van der Waals surface area contributed by atoms with Crippen LogP contribution in [0, 0.1) is 11.6 Å². The highest BCUT2D eigenvalue weighted by atomic mass is 19.1. The first-order valence-corrected chi connectivity index (χ1v) is 9.12. The van der Waals surface area contributed by atoms with E-state index in [0.717, 1.165) is 25.9 Å². The monoisotopic (exact) mass is 371 g/mol. The van der Waals surface area contributed by atoms with Gasteiger partial charge in [-0.05, 0) is 43.7 Å². The number of aromatic nitrogens is 1. The molecule has 3 rings (SSSR count). The highest BCUT2D eigenvalue weighted by Gasteiger charge is 2.12. The van der Waals surface area contributed by atoms with Crippen LogP contribution in [0.3, 0.4) is 0 Å². The van der Waals surface area contributed by atoms with E-state index in [0.29, 0.717) is 27.8 Å². The lowest BCUT2D eigenvalue weighted by Gasteiger charge is -2.23.